The zero-order valence-electron chi connectivity index (χ0n) is 9.95. The Labute approximate surface area is 97.7 Å². The van der Waals surface area contributed by atoms with E-state index in [1.807, 2.05) is 0 Å². The second kappa shape index (κ2) is 5.51. The van der Waals surface area contributed by atoms with Gasteiger partial charge < -0.3 is 5.11 Å². The topological polar surface area (TPSA) is 37.3 Å². The number of carboxylic acids is 1. The monoisotopic (exact) mass is 222 g/mol. The van der Waals surface area contributed by atoms with Crippen LogP contribution in [0.2, 0.25) is 0 Å². The van der Waals surface area contributed by atoms with Gasteiger partial charge in [-0.1, -0.05) is 24.5 Å². The number of hydrogen-bond donors (Lipinski definition) is 1. The molecule has 0 aromatic heterocycles. The van der Waals surface area contributed by atoms with Crippen molar-refractivity contribution in [3.05, 3.63) is 11.6 Å². The second-order valence-corrected chi connectivity index (χ2v) is 5.30. The van der Waals surface area contributed by atoms with Crippen molar-refractivity contribution in [3.8, 4) is 0 Å². The molecule has 2 rings (SSSR count). The van der Waals surface area contributed by atoms with Crippen LogP contribution < -0.4 is 0 Å². The van der Waals surface area contributed by atoms with E-state index in [9.17, 15) is 9.90 Å². The summed E-state index contributed by atoms with van der Waals surface area (Å²) in [5, 5.41) is 9.22. The third kappa shape index (κ3) is 2.87. The van der Waals surface area contributed by atoms with Gasteiger partial charge in [0.2, 0.25) is 0 Å². The molecule has 1 saturated carbocycles. The summed E-state index contributed by atoms with van der Waals surface area (Å²) in [6.45, 7) is 0. The Morgan fingerprint density at radius 3 is 2.75 bits per heavy atom. The lowest BCUT2D eigenvalue weighted by Gasteiger charge is -2.30. The Hall–Kier alpha value is -0.790. The lowest BCUT2D eigenvalue weighted by molar-refractivity contribution is -0.144. The van der Waals surface area contributed by atoms with Crippen molar-refractivity contribution in [2.24, 2.45) is 11.8 Å². The summed E-state index contributed by atoms with van der Waals surface area (Å²) in [5.41, 5.74) is 1.53. The van der Waals surface area contributed by atoms with Crippen LogP contribution in [0.15, 0.2) is 11.6 Å². The molecule has 2 atom stereocenters. The van der Waals surface area contributed by atoms with Gasteiger partial charge in [-0.3, -0.25) is 4.79 Å². The van der Waals surface area contributed by atoms with Crippen LogP contribution in [0.25, 0.3) is 0 Å². The third-order valence-corrected chi connectivity index (χ3v) is 4.14. The average Bonchev–Trinajstić information content (AvgIpc) is 2.31. The average molecular weight is 222 g/mol. The molecule has 0 aromatic carbocycles. The quantitative estimate of drug-likeness (QED) is 0.738. The van der Waals surface area contributed by atoms with E-state index in [1.165, 1.54) is 37.7 Å². The minimum Gasteiger partial charge on any atom is -0.481 e. The predicted octanol–water partition coefficient (Wildman–Crippen LogP) is 3.77. The molecule has 90 valence electrons. The summed E-state index contributed by atoms with van der Waals surface area (Å²) in [6.07, 6.45) is 12.8. The van der Waals surface area contributed by atoms with Gasteiger partial charge in [0.05, 0.1) is 5.92 Å². The second-order valence-electron chi connectivity index (χ2n) is 5.30. The Balaban J connectivity index is 1.95. The van der Waals surface area contributed by atoms with Crippen molar-refractivity contribution in [2.45, 2.75) is 57.8 Å². The Morgan fingerprint density at radius 2 is 2.06 bits per heavy atom. The van der Waals surface area contributed by atoms with E-state index in [1.54, 1.807) is 0 Å². The summed E-state index contributed by atoms with van der Waals surface area (Å²) in [5.74, 6) is -0.228. The molecular formula is C14H22O2. The number of rotatable bonds is 3. The summed E-state index contributed by atoms with van der Waals surface area (Å²) in [4.78, 5) is 11.2. The molecule has 0 aliphatic heterocycles. The van der Waals surface area contributed by atoms with Gasteiger partial charge in [-0.15, -0.1) is 0 Å². The Bertz CT molecular complexity index is 280. The highest BCUT2D eigenvalue weighted by Gasteiger charge is 2.31. The lowest BCUT2D eigenvalue weighted by Crippen LogP contribution is -2.27. The molecular weight excluding hydrogens is 200 g/mol. The van der Waals surface area contributed by atoms with Crippen LogP contribution in [0.4, 0.5) is 0 Å². The molecule has 16 heavy (non-hydrogen) atoms. The highest BCUT2D eigenvalue weighted by Crippen LogP contribution is 2.36. The fourth-order valence-electron chi connectivity index (χ4n) is 3.20. The highest BCUT2D eigenvalue weighted by molar-refractivity contribution is 5.70. The molecule has 2 aliphatic rings. The first-order valence-corrected chi connectivity index (χ1v) is 6.68. The fourth-order valence-corrected chi connectivity index (χ4v) is 3.20. The van der Waals surface area contributed by atoms with E-state index in [-0.39, 0.29) is 5.92 Å². The summed E-state index contributed by atoms with van der Waals surface area (Å²) >= 11 is 0. The molecule has 2 nitrogen and oxygen atoms in total. The fraction of sp³-hybridized carbons (Fsp3) is 0.786. The molecule has 0 amide bonds. The summed E-state index contributed by atoms with van der Waals surface area (Å²) < 4.78 is 0. The number of carboxylic acid groups (broad SMARTS) is 1. The van der Waals surface area contributed by atoms with E-state index in [4.69, 9.17) is 0 Å². The van der Waals surface area contributed by atoms with Crippen molar-refractivity contribution in [2.75, 3.05) is 0 Å². The lowest BCUT2D eigenvalue weighted by atomic mass is 9.75. The van der Waals surface area contributed by atoms with Crippen LogP contribution in [-0.2, 0) is 4.79 Å². The number of aliphatic carboxylic acids is 1. The molecule has 0 aromatic rings. The van der Waals surface area contributed by atoms with Crippen molar-refractivity contribution in [1.82, 2.24) is 0 Å². The van der Waals surface area contributed by atoms with E-state index in [2.05, 4.69) is 6.08 Å². The maximum Gasteiger partial charge on any atom is 0.306 e. The van der Waals surface area contributed by atoms with E-state index >= 15 is 0 Å². The normalized spacial score (nSPS) is 30.9. The predicted molar refractivity (Wildman–Crippen MR) is 64.3 cm³/mol. The zero-order chi connectivity index (χ0) is 11.4. The molecule has 2 unspecified atom stereocenters. The summed E-state index contributed by atoms with van der Waals surface area (Å²) in [6, 6.07) is 0. The first-order valence-electron chi connectivity index (χ1n) is 6.68. The van der Waals surface area contributed by atoms with Crippen molar-refractivity contribution >= 4 is 5.97 Å². The van der Waals surface area contributed by atoms with Gasteiger partial charge in [0.15, 0.2) is 0 Å². The first-order chi connectivity index (χ1) is 7.77. The van der Waals surface area contributed by atoms with Gasteiger partial charge in [-0.2, -0.15) is 0 Å². The summed E-state index contributed by atoms with van der Waals surface area (Å²) in [7, 11) is 0. The SMILES string of the molecule is O=C(O)C1CCCCC1CC1=CCCCC1. The van der Waals surface area contributed by atoms with Crippen molar-refractivity contribution in [1.29, 1.82) is 0 Å². The van der Waals surface area contributed by atoms with Crippen molar-refractivity contribution < 1.29 is 9.90 Å². The minimum absolute atomic E-state index is 0.0726. The van der Waals surface area contributed by atoms with E-state index in [0.717, 1.165) is 25.7 Å². The molecule has 1 fully saturated rings. The van der Waals surface area contributed by atoms with Gasteiger partial charge in [-0.05, 0) is 50.9 Å². The standard InChI is InChI=1S/C14H22O2/c15-14(16)13-9-5-4-8-12(13)10-11-6-2-1-3-7-11/h6,12-13H,1-5,7-10H2,(H,15,16). The maximum absolute atomic E-state index is 11.2. The van der Waals surface area contributed by atoms with E-state index in [0.29, 0.717) is 5.92 Å². The number of carbonyl (C=O) groups is 1. The molecule has 2 heteroatoms. The molecule has 0 radical (unpaired) electrons. The molecule has 1 N–H and O–H groups in total. The maximum atomic E-state index is 11.2. The van der Waals surface area contributed by atoms with Crippen molar-refractivity contribution in [3.63, 3.8) is 0 Å². The van der Waals surface area contributed by atoms with Gasteiger partial charge >= 0.3 is 5.97 Å². The number of hydrogen-bond acceptors (Lipinski definition) is 1. The Kier molecular flexibility index (Phi) is 4.03. The Morgan fingerprint density at radius 1 is 1.25 bits per heavy atom. The van der Waals surface area contributed by atoms with Crippen LogP contribution in [0.5, 0.6) is 0 Å². The zero-order valence-corrected chi connectivity index (χ0v) is 9.95. The largest absolute Gasteiger partial charge is 0.481 e. The van der Waals surface area contributed by atoms with Crippen LogP contribution in [0, 0.1) is 11.8 Å². The highest BCUT2D eigenvalue weighted by atomic mass is 16.4. The third-order valence-electron chi connectivity index (χ3n) is 4.14. The van der Waals surface area contributed by atoms with Crippen LogP contribution in [0.3, 0.4) is 0 Å². The van der Waals surface area contributed by atoms with Crippen LogP contribution >= 0.6 is 0 Å². The number of allylic oxidation sites excluding steroid dienone is 2. The van der Waals surface area contributed by atoms with Gasteiger partial charge in [0, 0.05) is 0 Å². The van der Waals surface area contributed by atoms with Crippen LogP contribution in [-0.4, -0.2) is 11.1 Å². The molecule has 0 saturated heterocycles. The molecule has 2 aliphatic carbocycles. The van der Waals surface area contributed by atoms with Gasteiger partial charge in [-0.25, -0.2) is 0 Å². The first kappa shape index (κ1) is 11.7. The van der Waals surface area contributed by atoms with Gasteiger partial charge in [0.1, 0.15) is 0 Å². The molecule has 0 heterocycles. The molecule has 0 spiro atoms. The van der Waals surface area contributed by atoms with E-state index < -0.39 is 5.97 Å². The minimum atomic E-state index is -0.568. The van der Waals surface area contributed by atoms with Gasteiger partial charge in [0.25, 0.3) is 0 Å². The van der Waals surface area contributed by atoms with Crippen LogP contribution in [0.1, 0.15) is 57.8 Å². The molecule has 0 bridgehead atoms. The smallest absolute Gasteiger partial charge is 0.306 e.